The Morgan fingerprint density at radius 2 is 1.83 bits per heavy atom. The van der Waals surface area contributed by atoms with Crippen molar-refractivity contribution in [2.45, 2.75) is 6.42 Å². The number of carbonyl (C=O) groups is 1. The van der Waals surface area contributed by atoms with Crippen LogP contribution in [0.1, 0.15) is 5.56 Å². The third-order valence-corrected chi connectivity index (χ3v) is 4.50. The van der Waals surface area contributed by atoms with Gasteiger partial charge in [0.15, 0.2) is 11.5 Å². The molecule has 0 fully saturated rings. The summed E-state index contributed by atoms with van der Waals surface area (Å²) in [5, 5.41) is 2.57. The highest BCUT2D eigenvalue weighted by Gasteiger charge is 2.17. The first-order chi connectivity index (χ1) is 11.0. The molecule has 23 heavy (non-hydrogen) atoms. The molecular weight excluding hydrogens is 433 g/mol. The molecule has 2 aromatic rings. The van der Waals surface area contributed by atoms with Crippen LogP contribution in [0.2, 0.25) is 0 Å². The predicted molar refractivity (Wildman–Crippen MR) is 91.6 cm³/mol. The molecule has 1 N–H and O–H groups in total. The summed E-state index contributed by atoms with van der Waals surface area (Å²) in [7, 11) is 0. The summed E-state index contributed by atoms with van der Waals surface area (Å²) in [5.74, 6) is 0.445. The van der Waals surface area contributed by atoms with Crippen LogP contribution in [0.5, 0.6) is 11.5 Å². The fraction of sp³-hybridized carbons (Fsp3) is 0.188. The number of fused-ring (bicyclic) bond motifs is 1. The largest absolute Gasteiger partial charge is 0.486 e. The maximum atomic E-state index is 13.8. The lowest BCUT2D eigenvalue weighted by Crippen LogP contribution is -2.18. The Bertz CT molecular complexity index is 767. The lowest BCUT2D eigenvalue weighted by Gasteiger charge is -2.19. The van der Waals surface area contributed by atoms with Crippen molar-refractivity contribution in [3.05, 3.63) is 50.7 Å². The maximum Gasteiger partial charge on any atom is 0.228 e. The molecule has 0 atom stereocenters. The average Bonchev–Trinajstić information content (AvgIpc) is 2.51. The number of halogens is 3. The number of ether oxygens (including phenoxy) is 2. The Morgan fingerprint density at radius 3 is 2.52 bits per heavy atom. The second-order valence-corrected chi connectivity index (χ2v) is 6.71. The third kappa shape index (κ3) is 3.84. The van der Waals surface area contributed by atoms with Gasteiger partial charge in [-0.05, 0) is 35.9 Å². The maximum absolute atomic E-state index is 13.8. The molecule has 2 aromatic carbocycles. The molecule has 1 heterocycles. The van der Waals surface area contributed by atoms with Crippen LogP contribution in [0, 0.1) is 5.82 Å². The number of amides is 1. The number of anilines is 1. The minimum absolute atomic E-state index is 0.0900. The van der Waals surface area contributed by atoms with Crippen molar-refractivity contribution < 1.29 is 18.7 Å². The predicted octanol–water partition coefficient (Wildman–Crippen LogP) is 4.30. The van der Waals surface area contributed by atoms with Crippen molar-refractivity contribution in [3.63, 3.8) is 0 Å². The molecule has 1 aliphatic rings. The number of nitrogens with one attached hydrogen (secondary N) is 1. The van der Waals surface area contributed by atoms with Gasteiger partial charge in [0, 0.05) is 8.95 Å². The molecule has 0 unspecified atom stereocenters. The molecular formula is C16H12Br2FNO3. The van der Waals surface area contributed by atoms with Crippen LogP contribution in [0.3, 0.4) is 0 Å². The molecule has 0 bridgehead atoms. The first-order valence-corrected chi connectivity index (χ1v) is 8.44. The van der Waals surface area contributed by atoms with Gasteiger partial charge in [0.2, 0.25) is 5.91 Å². The van der Waals surface area contributed by atoms with E-state index in [9.17, 15) is 9.18 Å². The summed E-state index contributed by atoms with van der Waals surface area (Å²) in [6, 6.07) is 8.01. The van der Waals surface area contributed by atoms with Crippen LogP contribution in [-0.4, -0.2) is 19.1 Å². The van der Waals surface area contributed by atoms with Crippen LogP contribution in [-0.2, 0) is 11.2 Å². The van der Waals surface area contributed by atoms with Crippen molar-refractivity contribution in [1.29, 1.82) is 0 Å². The summed E-state index contributed by atoms with van der Waals surface area (Å²) >= 11 is 6.59. The fourth-order valence-corrected chi connectivity index (χ4v) is 3.00. The molecule has 4 nitrogen and oxygen atoms in total. The molecule has 1 aliphatic heterocycles. The van der Waals surface area contributed by atoms with Gasteiger partial charge in [-0.25, -0.2) is 4.39 Å². The highest BCUT2D eigenvalue weighted by molar-refractivity contribution is 9.10. The summed E-state index contributed by atoms with van der Waals surface area (Å²) in [5.41, 5.74) is 0.885. The molecule has 0 radical (unpaired) electrons. The summed E-state index contributed by atoms with van der Waals surface area (Å²) < 4.78 is 26.1. The topological polar surface area (TPSA) is 47.6 Å². The molecule has 3 rings (SSSR count). The van der Waals surface area contributed by atoms with Crippen molar-refractivity contribution >= 4 is 43.5 Å². The van der Waals surface area contributed by atoms with Gasteiger partial charge < -0.3 is 14.8 Å². The lowest BCUT2D eigenvalue weighted by molar-refractivity contribution is -0.115. The number of rotatable bonds is 3. The van der Waals surface area contributed by atoms with Gasteiger partial charge in [0.05, 0.1) is 12.1 Å². The second kappa shape index (κ2) is 6.88. The van der Waals surface area contributed by atoms with E-state index in [1.54, 1.807) is 18.2 Å². The summed E-state index contributed by atoms with van der Waals surface area (Å²) in [6.07, 6.45) is 0.0900. The highest BCUT2D eigenvalue weighted by atomic mass is 79.9. The molecule has 0 saturated carbocycles. The molecule has 0 spiro atoms. The van der Waals surface area contributed by atoms with Crippen LogP contribution in [0.15, 0.2) is 39.3 Å². The first kappa shape index (κ1) is 16.3. The van der Waals surface area contributed by atoms with Gasteiger partial charge in [-0.1, -0.05) is 31.9 Å². The Labute approximate surface area is 149 Å². The van der Waals surface area contributed by atoms with E-state index in [1.165, 1.54) is 12.1 Å². The normalized spacial score (nSPS) is 12.8. The van der Waals surface area contributed by atoms with Crippen molar-refractivity contribution in [2.75, 3.05) is 18.5 Å². The van der Waals surface area contributed by atoms with Gasteiger partial charge >= 0.3 is 0 Å². The van der Waals surface area contributed by atoms with Gasteiger partial charge in [0.1, 0.15) is 19.0 Å². The Morgan fingerprint density at radius 1 is 1.13 bits per heavy atom. The average molecular weight is 445 g/mol. The van der Waals surface area contributed by atoms with Gasteiger partial charge in [-0.2, -0.15) is 0 Å². The van der Waals surface area contributed by atoms with E-state index in [1.807, 2.05) is 0 Å². The molecule has 7 heteroatoms. The minimum atomic E-state index is -0.492. The first-order valence-electron chi connectivity index (χ1n) is 6.86. The van der Waals surface area contributed by atoms with E-state index in [-0.39, 0.29) is 18.0 Å². The second-order valence-electron chi connectivity index (χ2n) is 4.94. The monoisotopic (exact) mass is 443 g/mol. The summed E-state index contributed by atoms with van der Waals surface area (Å²) in [4.78, 5) is 12.2. The zero-order valence-electron chi connectivity index (χ0n) is 11.9. The van der Waals surface area contributed by atoms with Crippen LogP contribution >= 0.6 is 31.9 Å². The van der Waals surface area contributed by atoms with Crippen LogP contribution in [0.25, 0.3) is 0 Å². The smallest absolute Gasteiger partial charge is 0.228 e. The molecule has 0 aromatic heterocycles. The van der Waals surface area contributed by atoms with Gasteiger partial charge in [-0.3, -0.25) is 4.79 Å². The van der Waals surface area contributed by atoms with Crippen LogP contribution in [0.4, 0.5) is 10.1 Å². The molecule has 1 amide bonds. The molecule has 120 valence electrons. The Kier molecular flexibility index (Phi) is 4.87. The minimum Gasteiger partial charge on any atom is -0.486 e. The molecule has 0 aliphatic carbocycles. The van der Waals surface area contributed by atoms with Crippen molar-refractivity contribution in [3.8, 4) is 11.5 Å². The van der Waals surface area contributed by atoms with E-state index in [0.717, 1.165) is 10.0 Å². The number of benzene rings is 2. The van der Waals surface area contributed by atoms with E-state index in [4.69, 9.17) is 9.47 Å². The fourth-order valence-electron chi connectivity index (χ4n) is 2.20. The molecule has 0 saturated heterocycles. The third-order valence-electron chi connectivity index (χ3n) is 3.27. The SMILES string of the molecule is O=C(Cc1cc2c(cc1Br)OCCO2)Nc1ccc(Br)cc1F. The summed E-state index contributed by atoms with van der Waals surface area (Å²) in [6.45, 7) is 0.979. The van der Waals surface area contributed by atoms with Crippen LogP contribution < -0.4 is 14.8 Å². The number of carbonyl (C=O) groups excluding carboxylic acids is 1. The standard InChI is InChI=1S/C16H12Br2FNO3/c17-10-1-2-13(12(19)7-10)20-16(21)6-9-5-14-15(8-11(9)18)23-4-3-22-14/h1-2,5,7-8H,3-4,6H2,(H,20,21). The number of hydrogen-bond donors (Lipinski definition) is 1. The van der Waals surface area contributed by atoms with E-state index < -0.39 is 5.82 Å². The number of hydrogen-bond acceptors (Lipinski definition) is 3. The zero-order chi connectivity index (χ0) is 16.4. The van der Waals surface area contributed by atoms with Crippen molar-refractivity contribution in [1.82, 2.24) is 0 Å². The van der Waals surface area contributed by atoms with Crippen molar-refractivity contribution in [2.24, 2.45) is 0 Å². The lowest BCUT2D eigenvalue weighted by atomic mass is 10.1. The van der Waals surface area contributed by atoms with Gasteiger partial charge in [-0.15, -0.1) is 0 Å². The Hall–Kier alpha value is -1.60. The van der Waals surface area contributed by atoms with E-state index in [0.29, 0.717) is 29.2 Å². The Balaban J connectivity index is 1.75. The van der Waals surface area contributed by atoms with Gasteiger partial charge in [0.25, 0.3) is 0 Å². The zero-order valence-corrected chi connectivity index (χ0v) is 15.0. The quantitative estimate of drug-likeness (QED) is 0.767. The highest BCUT2D eigenvalue weighted by Crippen LogP contribution is 2.35. The van der Waals surface area contributed by atoms with E-state index >= 15 is 0 Å². The van der Waals surface area contributed by atoms with E-state index in [2.05, 4.69) is 37.2 Å².